The average molecular weight is 357 g/mol. The number of hydrogen-bond acceptors (Lipinski definition) is 5. The summed E-state index contributed by atoms with van der Waals surface area (Å²) in [6.07, 6.45) is 1.54. The maximum atomic E-state index is 12.3. The minimum atomic E-state index is -4.11. The lowest BCUT2D eigenvalue weighted by Gasteiger charge is -2.08. The third-order valence-electron chi connectivity index (χ3n) is 3.48. The molecular weight excluding hydrogens is 344 g/mol. The van der Waals surface area contributed by atoms with Gasteiger partial charge >= 0.3 is 11.7 Å². The minimum Gasteiger partial charge on any atom is -0.262 e. The summed E-state index contributed by atoms with van der Waals surface area (Å²) < 4.78 is 28.0. The number of rotatable bonds is 3. The first-order valence-electron chi connectivity index (χ1n) is 6.81. The van der Waals surface area contributed by atoms with E-state index in [1.54, 1.807) is 19.1 Å². The SMILES string of the molecule is Cc1ccccc1S(=O)(=O)NC(=O)n1nc(Cl)n(C2CC2)c1=O. The van der Waals surface area contributed by atoms with Gasteiger partial charge < -0.3 is 0 Å². The molecule has 0 radical (unpaired) electrons. The van der Waals surface area contributed by atoms with Crippen LogP contribution in [0.4, 0.5) is 4.79 Å². The number of benzene rings is 1. The van der Waals surface area contributed by atoms with Crippen LogP contribution in [0, 0.1) is 6.92 Å². The summed E-state index contributed by atoms with van der Waals surface area (Å²) in [7, 11) is -4.11. The second-order valence-corrected chi connectivity index (χ2v) is 7.23. The topological polar surface area (TPSA) is 103 Å². The molecular formula is C13H13ClN4O4S. The van der Waals surface area contributed by atoms with E-state index in [0.717, 1.165) is 12.8 Å². The quantitative estimate of drug-likeness (QED) is 0.892. The molecule has 0 saturated heterocycles. The van der Waals surface area contributed by atoms with Gasteiger partial charge in [0.25, 0.3) is 10.0 Å². The van der Waals surface area contributed by atoms with Crippen molar-refractivity contribution < 1.29 is 13.2 Å². The van der Waals surface area contributed by atoms with E-state index in [2.05, 4.69) is 5.10 Å². The van der Waals surface area contributed by atoms with Crippen molar-refractivity contribution in [2.75, 3.05) is 0 Å². The third-order valence-corrected chi connectivity index (χ3v) is 5.22. The maximum absolute atomic E-state index is 12.3. The summed E-state index contributed by atoms with van der Waals surface area (Å²) in [6.45, 7) is 1.60. The van der Waals surface area contributed by atoms with E-state index < -0.39 is 21.7 Å². The van der Waals surface area contributed by atoms with Gasteiger partial charge in [-0.25, -0.2) is 22.7 Å². The van der Waals surface area contributed by atoms with Gasteiger partial charge in [-0.1, -0.05) is 18.2 Å². The molecule has 0 atom stereocenters. The van der Waals surface area contributed by atoms with E-state index in [1.165, 1.54) is 16.7 Å². The molecule has 1 N–H and O–H groups in total. The number of sulfonamides is 1. The molecule has 1 aromatic heterocycles. The van der Waals surface area contributed by atoms with Crippen molar-refractivity contribution in [1.29, 1.82) is 0 Å². The number of hydrogen-bond donors (Lipinski definition) is 1. The molecule has 1 heterocycles. The highest BCUT2D eigenvalue weighted by molar-refractivity contribution is 7.90. The monoisotopic (exact) mass is 356 g/mol. The Morgan fingerprint density at radius 1 is 1.35 bits per heavy atom. The van der Waals surface area contributed by atoms with E-state index >= 15 is 0 Å². The molecule has 1 aliphatic rings. The first kappa shape index (κ1) is 15.8. The van der Waals surface area contributed by atoms with Crippen LogP contribution in [0.2, 0.25) is 5.28 Å². The summed E-state index contributed by atoms with van der Waals surface area (Å²) in [4.78, 5) is 24.2. The highest BCUT2D eigenvalue weighted by atomic mass is 35.5. The molecule has 1 aliphatic carbocycles. The summed E-state index contributed by atoms with van der Waals surface area (Å²) in [5.41, 5.74) is -0.281. The Bertz CT molecular complexity index is 943. The molecule has 2 aromatic rings. The van der Waals surface area contributed by atoms with Gasteiger partial charge in [0, 0.05) is 6.04 Å². The van der Waals surface area contributed by atoms with Crippen molar-refractivity contribution in [2.24, 2.45) is 0 Å². The standard InChI is InChI=1S/C13H13ClN4O4S/c1-8-4-2-3-5-10(8)23(21,22)16-12(19)18-13(20)17(9-6-7-9)11(14)15-18/h2-5,9H,6-7H2,1H3,(H,16,19). The van der Waals surface area contributed by atoms with Crippen LogP contribution in [0.25, 0.3) is 0 Å². The Labute approximate surface area is 136 Å². The molecule has 1 fully saturated rings. The number of amides is 1. The Morgan fingerprint density at radius 3 is 2.61 bits per heavy atom. The predicted molar refractivity (Wildman–Crippen MR) is 82.1 cm³/mol. The zero-order valence-electron chi connectivity index (χ0n) is 12.1. The van der Waals surface area contributed by atoms with Gasteiger partial charge in [-0.15, -0.1) is 9.78 Å². The van der Waals surface area contributed by atoms with Gasteiger partial charge in [-0.05, 0) is 43.0 Å². The predicted octanol–water partition coefficient (Wildman–Crippen LogP) is 1.29. The van der Waals surface area contributed by atoms with Crippen molar-refractivity contribution in [2.45, 2.75) is 30.7 Å². The molecule has 1 amide bonds. The third kappa shape index (κ3) is 2.89. The zero-order valence-corrected chi connectivity index (χ0v) is 13.6. The van der Waals surface area contributed by atoms with E-state index in [4.69, 9.17) is 11.6 Å². The maximum Gasteiger partial charge on any atom is 0.360 e. The van der Waals surface area contributed by atoms with Crippen molar-refractivity contribution >= 4 is 27.7 Å². The second kappa shape index (κ2) is 5.50. The lowest BCUT2D eigenvalue weighted by Crippen LogP contribution is -2.40. The van der Waals surface area contributed by atoms with Gasteiger partial charge in [0.15, 0.2) is 0 Å². The summed E-state index contributed by atoms with van der Waals surface area (Å²) in [5, 5.41) is 3.49. The first-order valence-corrected chi connectivity index (χ1v) is 8.67. The van der Waals surface area contributed by atoms with Crippen molar-refractivity contribution in [3.05, 3.63) is 45.6 Å². The number of carbonyl (C=O) groups excluding carboxylic acids is 1. The Morgan fingerprint density at radius 2 is 2.00 bits per heavy atom. The van der Waals surface area contributed by atoms with Gasteiger partial charge in [0.1, 0.15) is 0 Å². The lowest BCUT2D eigenvalue weighted by molar-refractivity contribution is 0.243. The fourth-order valence-corrected chi connectivity index (χ4v) is 3.66. The van der Waals surface area contributed by atoms with Crippen LogP contribution < -0.4 is 10.4 Å². The Hall–Kier alpha value is -2.13. The van der Waals surface area contributed by atoms with Gasteiger partial charge in [-0.2, -0.15) is 0 Å². The van der Waals surface area contributed by atoms with Gasteiger partial charge in [0.2, 0.25) is 5.28 Å². The fraction of sp³-hybridized carbons (Fsp3) is 0.308. The second-order valence-electron chi connectivity index (χ2n) is 5.24. The molecule has 122 valence electrons. The number of halogens is 1. The van der Waals surface area contributed by atoms with Crippen molar-refractivity contribution in [1.82, 2.24) is 19.1 Å². The molecule has 1 aromatic carbocycles. The minimum absolute atomic E-state index is 0.0471. The molecule has 0 unspecified atom stereocenters. The van der Waals surface area contributed by atoms with Crippen LogP contribution in [0.5, 0.6) is 0 Å². The normalized spacial score (nSPS) is 14.7. The molecule has 23 heavy (non-hydrogen) atoms. The van der Waals surface area contributed by atoms with E-state index in [-0.39, 0.29) is 16.2 Å². The van der Waals surface area contributed by atoms with E-state index in [9.17, 15) is 18.0 Å². The van der Waals surface area contributed by atoms with Gasteiger partial charge in [0.05, 0.1) is 4.90 Å². The van der Waals surface area contributed by atoms with Crippen LogP contribution in [0.15, 0.2) is 34.0 Å². The largest absolute Gasteiger partial charge is 0.360 e. The highest BCUT2D eigenvalue weighted by Gasteiger charge is 2.31. The van der Waals surface area contributed by atoms with Crippen LogP contribution in [-0.4, -0.2) is 28.8 Å². The molecule has 0 bridgehead atoms. The molecule has 0 spiro atoms. The van der Waals surface area contributed by atoms with Crippen molar-refractivity contribution in [3.8, 4) is 0 Å². The molecule has 10 heteroatoms. The number of nitrogens with one attached hydrogen (secondary N) is 1. The van der Waals surface area contributed by atoms with Crippen LogP contribution in [-0.2, 0) is 10.0 Å². The van der Waals surface area contributed by atoms with Gasteiger partial charge in [-0.3, -0.25) is 4.57 Å². The van der Waals surface area contributed by atoms with Crippen LogP contribution in [0.1, 0.15) is 24.4 Å². The number of nitrogens with zero attached hydrogens (tertiary/aromatic N) is 3. The zero-order chi connectivity index (χ0) is 16.8. The van der Waals surface area contributed by atoms with E-state index in [1.807, 2.05) is 4.72 Å². The molecule has 3 rings (SSSR count). The number of carbonyl (C=O) groups is 1. The average Bonchev–Trinajstić information content (AvgIpc) is 3.24. The molecule has 1 saturated carbocycles. The smallest absolute Gasteiger partial charge is 0.262 e. The van der Waals surface area contributed by atoms with Crippen molar-refractivity contribution in [3.63, 3.8) is 0 Å². The fourth-order valence-electron chi connectivity index (χ4n) is 2.20. The Balaban J connectivity index is 1.92. The lowest BCUT2D eigenvalue weighted by atomic mass is 10.2. The first-order chi connectivity index (χ1) is 10.8. The van der Waals surface area contributed by atoms with Crippen LogP contribution >= 0.6 is 11.6 Å². The summed E-state index contributed by atoms with van der Waals surface area (Å²) in [6, 6.07) is 4.94. The number of aryl methyl sites for hydroxylation is 1. The molecule has 8 nitrogen and oxygen atoms in total. The van der Waals surface area contributed by atoms with Crippen LogP contribution in [0.3, 0.4) is 0 Å². The summed E-state index contributed by atoms with van der Waals surface area (Å²) in [5.74, 6) is 0. The number of aromatic nitrogens is 3. The summed E-state index contributed by atoms with van der Waals surface area (Å²) >= 11 is 5.84. The highest BCUT2D eigenvalue weighted by Crippen LogP contribution is 2.35. The Kier molecular flexibility index (Phi) is 3.77. The van der Waals surface area contributed by atoms with E-state index in [0.29, 0.717) is 10.2 Å². The molecule has 0 aliphatic heterocycles.